The molecule has 0 saturated heterocycles. The summed E-state index contributed by atoms with van der Waals surface area (Å²) in [6, 6.07) is 7.29. The minimum Gasteiger partial charge on any atom is -0.385 e. The minimum absolute atomic E-state index is 0.484. The summed E-state index contributed by atoms with van der Waals surface area (Å²) in [5, 5.41) is 6.25. The zero-order valence-electron chi connectivity index (χ0n) is 12.0. The highest BCUT2D eigenvalue weighted by Crippen LogP contribution is 2.16. The number of anilines is 1. The second-order valence-corrected chi connectivity index (χ2v) is 5.04. The van der Waals surface area contributed by atoms with Crippen LogP contribution in [0.4, 0.5) is 11.4 Å². The van der Waals surface area contributed by atoms with Gasteiger partial charge in [0.25, 0.3) is 0 Å². The molecule has 3 heteroatoms. The van der Waals surface area contributed by atoms with E-state index in [9.17, 15) is 4.91 Å². The SMILES string of the molecule is CCCCCCCCCCNc1ccc(N=O)cc1. The van der Waals surface area contributed by atoms with Crippen LogP contribution in [0.1, 0.15) is 58.3 Å². The lowest BCUT2D eigenvalue weighted by molar-refractivity contribution is 0.581. The fraction of sp³-hybridized carbons (Fsp3) is 0.625. The van der Waals surface area contributed by atoms with E-state index in [-0.39, 0.29) is 0 Å². The Hall–Kier alpha value is -1.38. The summed E-state index contributed by atoms with van der Waals surface area (Å²) in [6.07, 6.45) is 10.7. The Morgan fingerprint density at radius 1 is 0.895 bits per heavy atom. The van der Waals surface area contributed by atoms with Gasteiger partial charge in [0.15, 0.2) is 0 Å². The van der Waals surface area contributed by atoms with Crippen molar-refractivity contribution in [2.24, 2.45) is 5.18 Å². The highest BCUT2D eigenvalue weighted by Gasteiger charge is 1.94. The highest BCUT2D eigenvalue weighted by molar-refractivity contribution is 5.50. The van der Waals surface area contributed by atoms with Crippen molar-refractivity contribution in [1.82, 2.24) is 0 Å². The molecule has 0 saturated carbocycles. The number of hydrogen-bond acceptors (Lipinski definition) is 3. The maximum absolute atomic E-state index is 10.3. The van der Waals surface area contributed by atoms with E-state index in [1.165, 1.54) is 51.4 Å². The summed E-state index contributed by atoms with van der Waals surface area (Å²) in [5.41, 5.74) is 1.55. The molecule has 1 aromatic carbocycles. The zero-order valence-corrected chi connectivity index (χ0v) is 12.0. The standard InChI is InChI=1S/C16H26N2O/c1-2-3-4-5-6-7-8-9-14-17-15-10-12-16(18-19)13-11-15/h10-13,17H,2-9,14H2,1H3. The van der Waals surface area contributed by atoms with E-state index in [2.05, 4.69) is 17.4 Å². The van der Waals surface area contributed by atoms with Crippen LogP contribution in [0.3, 0.4) is 0 Å². The van der Waals surface area contributed by atoms with E-state index >= 15 is 0 Å². The highest BCUT2D eigenvalue weighted by atomic mass is 16.3. The summed E-state index contributed by atoms with van der Waals surface area (Å²) < 4.78 is 0. The Balaban J connectivity index is 1.96. The van der Waals surface area contributed by atoms with E-state index in [1.807, 2.05) is 12.1 Å². The largest absolute Gasteiger partial charge is 0.385 e. The van der Waals surface area contributed by atoms with Gasteiger partial charge in [-0.05, 0) is 35.9 Å². The first-order valence-corrected chi connectivity index (χ1v) is 7.54. The Kier molecular flexibility index (Phi) is 8.69. The summed E-state index contributed by atoms with van der Waals surface area (Å²) >= 11 is 0. The predicted octanol–water partition coefficient (Wildman–Crippen LogP) is 5.64. The molecule has 0 fully saturated rings. The van der Waals surface area contributed by atoms with Crippen LogP contribution < -0.4 is 5.32 Å². The average Bonchev–Trinajstić information content (AvgIpc) is 2.46. The Bertz CT molecular complexity index is 335. The first kappa shape index (κ1) is 15.7. The first-order chi connectivity index (χ1) is 9.36. The fourth-order valence-corrected chi connectivity index (χ4v) is 2.13. The second-order valence-electron chi connectivity index (χ2n) is 5.04. The number of rotatable bonds is 11. The number of nitrogens with zero attached hydrogens (tertiary/aromatic N) is 1. The molecule has 19 heavy (non-hydrogen) atoms. The third-order valence-electron chi connectivity index (χ3n) is 3.33. The van der Waals surface area contributed by atoms with Gasteiger partial charge in [0.05, 0.1) is 0 Å². The summed E-state index contributed by atoms with van der Waals surface area (Å²) in [4.78, 5) is 10.3. The molecule has 0 unspecified atom stereocenters. The molecule has 0 aliphatic carbocycles. The molecular formula is C16H26N2O. The van der Waals surface area contributed by atoms with Gasteiger partial charge < -0.3 is 5.32 Å². The molecule has 0 radical (unpaired) electrons. The van der Waals surface area contributed by atoms with Crippen molar-refractivity contribution in [3.05, 3.63) is 29.2 Å². The van der Waals surface area contributed by atoms with Crippen LogP contribution >= 0.6 is 0 Å². The number of hydrogen-bond donors (Lipinski definition) is 1. The molecule has 0 aliphatic heterocycles. The lowest BCUT2D eigenvalue weighted by Gasteiger charge is -2.06. The third kappa shape index (κ3) is 7.60. The maximum Gasteiger partial charge on any atom is 0.108 e. The van der Waals surface area contributed by atoms with E-state index < -0.39 is 0 Å². The van der Waals surface area contributed by atoms with Crippen LogP contribution in [0, 0.1) is 4.91 Å². The minimum atomic E-state index is 0.484. The Morgan fingerprint density at radius 3 is 2.05 bits per heavy atom. The van der Waals surface area contributed by atoms with Gasteiger partial charge in [0, 0.05) is 12.2 Å². The van der Waals surface area contributed by atoms with Crippen molar-refractivity contribution >= 4 is 11.4 Å². The Morgan fingerprint density at radius 2 is 1.47 bits per heavy atom. The van der Waals surface area contributed by atoms with Crippen LogP contribution in [0.2, 0.25) is 0 Å². The van der Waals surface area contributed by atoms with E-state index in [0.717, 1.165) is 12.2 Å². The van der Waals surface area contributed by atoms with Gasteiger partial charge in [-0.25, -0.2) is 0 Å². The van der Waals surface area contributed by atoms with Crippen molar-refractivity contribution in [2.75, 3.05) is 11.9 Å². The van der Waals surface area contributed by atoms with Crippen LogP contribution in [0.5, 0.6) is 0 Å². The average molecular weight is 262 g/mol. The number of nitrogens with one attached hydrogen (secondary N) is 1. The number of unbranched alkanes of at least 4 members (excludes halogenated alkanes) is 7. The lowest BCUT2D eigenvalue weighted by Crippen LogP contribution is -2.00. The van der Waals surface area contributed by atoms with Crippen molar-refractivity contribution in [3.8, 4) is 0 Å². The van der Waals surface area contributed by atoms with Gasteiger partial charge in [0.2, 0.25) is 0 Å². The molecule has 1 N–H and O–H groups in total. The van der Waals surface area contributed by atoms with Gasteiger partial charge in [-0.1, -0.05) is 51.9 Å². The van der Waals surface area contributed by atoms with Gasteiger partial charge in [-0.2, -0.15) is 0 Å². The quantitative estimate of drug-likeness (QED) is 0.414. The van der Waals surface area contributed by atoms with Gasteiger partial charge in [-0.3, -0.25) is 0 Å². The fourth-order valence-electron chi connectivity index (χ4n) is 2.13. The van der Waals surface area contributed by atoms with Crippen LogP contribution in [0.15, 0.2) is 29.4 Å². The lowest BCUT2D eigenvalue weighted by atomic mass is 10.1. The second kappa shape index (κ2) is 10.5. The van der Waals surface area contributed by atoms with Crippen LogP contribution in [0.25, 0.3) is 0 Å². The summed E-state index contributed by atoms with van der Waals surface area (Å²) in [5.74, 6) is 0. The van der Waals surface area contributed by atoms with Crippen molar-refractivity contribution < 1.29 is 0 Å². The maximum atomic E-state index is 10.3. The van der Waals surface area contributed by atoms with Crippen molar-refractivity contribution in [2.45, 2.75) is 58.3 Å². The van der Waals surface area contributed by atoms with E-state index in [0.29, 0.717) is 5.69 Å². The molecule has 3 nitrogen and oxygen atoms in total. The summed E-state index contributed by atoms with van der Waals surface area (Å²) in [6.45, 7) is 3.26. The predicted molar refractivity (Wildman–Crippen MR) is 83.0 cm³/mol. The summed E-state index contributed by atoms with van der Waals surface area (Å²) in [7, 11) is 0. The normalized spacial score (nSPS) is 10.4. The molecule has 0 spiro atoms. The molecule has 106 valence electrons. The molecule has 0 aliphatic rings. The molecule has 0 heterocycles. The third-order valence-corrected chi connectivity index (χ3v) is 3.33. The van der Waals surface area contributed by atoms with E-state index in [4.69, 9.17) is 0 Å². The van der Waals surface area contributed by atoms with Gasteiger partial charge in [-0.15, -0.1) is 4.91 Å². The molecule has 0 atom stereocenters. The Labute approximate surface area is 116 Å². The molecule has 0 aromatic heterocycles. The van der Waals surface area contributed by atoms with Crippen molar-refractivity contribution in [3.63, 3.8) is 0 Å². The van der Waals surface area contributed by atoms with Crippen LogP contribution in [-0.2, 0) is 0 Å². The molecule has 0 bridgehead atoms. The van der Waals surface area contributed by atoms with Crippen molar-refractivity contribution in [1.29, 1.82) is 0 Å². The zero-order chi connectivity index (χ0) is 13.8. The monoisotopic (exact) mass is 262 g/mol. The topological polar surface area (TPSA) is 41.5 Å². The molecule has 0 amide bonds. The smallest absolute Gasteiger partial charge is 0.108 e. The molecule has 1 aromatic rings. The first-order valence-electron chi connectivity index (χ1n) is 7.54. The van der Waals surface area contributed by atoms with Gasteiger partial charge in [0.1, 0.15) is 5.69 Å². The number of nitroso groups, excluding NO2 is 1. The van der Waals surface area contributed by atoms with Gasteiger partial charge >= 0.3 is 0 Å². The van der Waals surface area contributed by atoms with E-state index in [1.54, 1.807) is 12.1 Å². The van der Waals surface area contributed by atoms with Crippen LogP contribution in [-0.4, -0.2) is 6.54 Å². The molecular weight excluding hydrogens is 236 g/mol. The molecule has 1 rings (SSSR count). The number of benzene rings is 1.